The van der Waals surface area contributed by atoms with Gasteiger partial charge >= 0.3 is 0 Å². The number of rotatable bonds is 7. The number of benzene rings is 1. The molecule has 0 unspecified atom stereocenters. The first-order valence-corrected chi connectivity index (χ1v) is 5.71. The molecule has 0 aromatic heterocycles. The lowest BCUT2D eigenvalue weighted by Crippen LogP contribution is -1.97. The smallest absolute Gasteiger partial charge is 0.121 e. The molecule has 86 valence electrons. The highest BCUT2D eigenvalue weighted by atomic mass is 16.5. The Kier molecular flexibility index (Phi) is 5.95. The minimum absolute atomic E-state index is 0.762. The first-order chi connectivity index (χ1) is 7.86. The second kappa shape index (κ2) is 7.64. The number of unbranched alkanes of at least 4 members (excludes halogenated alkanes) is 3. The summed E-state index contributed by atoms with van der Waals surface area (Å²) in [4.78, 5) is 0. The van der Waals surface area contributed by atoms with Crippen molar-refractivity contribution in [1.29, 1.82) is 0 Å². The number of hydrogen-bond donors (Lipinski definition) is 1. The molecule has 0 radical (unpaired) electrons. The SMILES string of the molecule is C#CCCCCCOc1cccc(NC)c1. The van der Waals surface area contributed by atoms with E-state index in [0.717, 1.165) is 43.7 Å². The van der Waals surface area contributed by atoms with Gasteiger partial charge in [0.2, 0.25) is 0 Å². The van der Waals surface area contributed by atoms with E-state index in [9.17, 15) is 0 Å². The Morgan fingerprint density at radius 2 is 2.19 bits per heavy atom. The van der Waals surface area contributed by atoms with E-state index >= 15 is 0 Å². The van der Waals surface area contributed by atoms with Crippen molar-refractivity contribution in [2.75, 3.05) is 19.0 Å². The average Bonchev–Trinajstić information content (AvgIpc) is 2.34. The summed E-state index contributed by atoms with van der Waals surface area (Å²) in [7, 11) is 1.90. The largest absolute Gasteiger partial charge is 0.494 e. The first-order valence-electron chi connectivity index (χ1n) is 5.71. The number of hydrogen-bond acceptors (Lipinski definition) is 2. The zero-order chi connectivity index (χ0) is 11.6. The van der Waals surface area contributed by atoms with Gasteiger partial charge in [0.15, 0.2) is 0 Å². The van der Waals surface area contributed by atoms with Gasteiger partial charge in [0, 0.05) is 25.2 Å². The molecule has 0 amide bonds. The normalized spacial score (nSPS) is 9.50. The second-order valence-electron chi connectivity index (χ2n) is 3.64. The summed E-state index contributed by atoms with van der Waals surface area (Å²) in [6, 6.07) is 7.98. The maximum Gasteiger partial charge on any atom is 0.121 e. The van der Waals surface area contributed by atoms with Crippen LogP contribution in [0.25, 0.3) is 0 Å². The van der Waals surface area contributed by atoms with Crippen molar-refractivity contribution in [2.24, 2.45) is 0 Å². The van der Waals surface area contributed by atoms with Gasteiger partial charge in [-0.2, -0.15) is 0 Å². The van der Waals surface area contributed by atoms with Crippen LogP contribution in [0.5, 0.6) is 5.75 Å². The Bertz CT molecular complexity index is 341. The number of anilines is 1. The monoisotopic (exact) mass is 217 g/mol. The predicted octanol–water partition coefficient (Wildman–Crippen LogP) is 3.30. The van der Waals surface area contributed by atoms with Crippen LogP contribution in [0, 0.1) is 12.3 Å². The lowest BCUT2D eigenvalue weighted by atomic mass is 10.2. The van der Waals surface area contributed by atoms with Crippen molar-refractivity contribution in [3.63, 3.8) is 0 Å². The zero-order valence-electron chi connectivity index (χ0n) is 9.83. The molecule has 16 heavy (non-hydrogen) atoms. The fraction of sp³-hybridized carbons (Fsp3) is 0.429. The van der Waals surface area contributed by atoms with Crippen LogP contribution in [-0.2, 0) is 0 Å². The predicted molar refractivity (Wildman–Crippen MR) is 68.8 cm³/mol. The highest BCUT2D eigenvalue weighted by molar-refractivity contribution is 5.47. The van der Waals surface area contributed by atoms with Crippen molar-refractivity contribution in [3.05, 3.63) is 24.3 Å². The van der Waals surface area contributed by atoms with Crippen LogP contribution in [0.1, 0.15) is 25.7 Å². The van der Waals surface area contributed by atoms with Gasteiger partial charge in [0.25, 0.3) is 0 Å². The van der Waals surface area contributed by atoms with E-state index in [-0.39, 0.29) is 0 Å². The number of nitrogens with one attached hydrogen (secondary N) is 1. The zero-order valence-corrected chi connectivity index (χ0v) is 9.83. The Labute approximate surface area is 98.0 Å². The molecule has 1 rings (SSSR count). The van der Waals surface area contributed by atoms with Crippen LogP contribution in [0.2, 0.25) is 0 Å². The van der Waals surface area contributed by atoms with E-state index in [1.807, 2.05) is 31.3 Å². The molecule has 0 atom stereocenters. The third-order valence-electron chi connectivity index (χ3n) is 2.36. The van der Waals surface area contributed by atoms with Gasteiger partial charge in [-0.15, -0.1) is 12.3 Å². The summed E-state index contributed by atoms with van der Waals surface area (Å²) in [6.07, 6.45) is 9.34. The van der Waals surface area contributed by atoms with E-state index < -0.39 is 0 Å². The summed E-state index contributed by atoms with van der Waals surface area (Å²) in [5.74, 6) is 3.56. The molecule has 0 aliphatic rings. The molecule has 1 aromatic rings. The Hall–Kier alpha value is -1.62. The lowest BCUT2D eigenvalue weighted by molar-refractivity contribution is 0.306. The van der Waals surface area contributed by atoms with Crippen molar-refractivity contribution < 1.29 is 4.74 Å². The van der Waals surface area contributed by atoms with Crippen molar-refractivity contribution in [2.45, 2.75) is 25.7 Å². The van der Waals surface area contributed by atoms with Crippen molar-refractivity contribution >= 4 is 5.69 Å². The summed E-state index contributed by atoms with van der Waals surface area (Å²) in [5, 5.41) is 3.08. The van der Waals surface area contributed by atoms with Crippen LogP contribution < -0.4 is 10.1 Å². The molecular weight excluding hydrogens is 198 g/mol. The molecular formula is C14H19NO. The molecule has 2 nitrogen and oxygen atoms in total. The maximum absolute atomic E-state index is 5.64. The minimum atomic E-state index is 0.762. The molecule has 0 saturated heterocycles. The summed E-state index contributed by atoms with van der Waals surface area (Å²) < 4.78 is 5.64. The maximum atomic E-state index is 5.64. The van der Waals surface area contributed by atoms with E-state index in [1.165, 1.54) is 0 Å². The lowest BCUT2D eigenvalue weighted by Gasteiger charge is -2.07. The summed E-state index contributed by atoms with van der Waals surface area (Å²) in [6.45, 7) is 0.762. The Balaban J connectivity index is 2.19. The molecule has 1 N–H and O–H groups in total. The highest BCUT2D eigenvalue weighted by Gasteiger charge is 1.95. The van der Waals surface area contributed by atoms with Crippen molar-refractivity contribution in [3.8, 4) is 18.1 Å². The third-order valence-corrected chi connectivity index (χ3v) is 2.36. The van der Waals surface area contributed by atoms with E-state index in [1.54, 1.807) is 0 Å². The molecule has 0 fully saturated rings. The van der Waals surface area contributed by atoms with E-state index in [2.05, 4.69) is 11.2 Å². The number of terminal acetylenes is 1. The molecule has 1 aromatic carbocycles. The van der Waals surface area contributed by atoms with Gasteiger partial charge in [0.05, 0.1) is 6.61 Å². The van der Waals surface area contributed by atoms with Crippen LogP contribution in [0.4, 0.5) is 5.69 Å². The van der Waals surface area contributed by atoms with Crippen LogP contribution in [0.15, 0.2) is 24.3 Å². The molecule has 0 bridgehead atoms. The van der Waals surface area contributed by atoms with E-state index in [4.69, 9.17) is 11.2 Å². The average molecular weight is 217 g/mol. The van der Waals surface area contributed by atoms with Gasteiger partial charge in [-0.3, -0.25) is 0 Å². The molecule has 0 saturated carbocycles. The van der Waals surface area contributed by atoms with Crippen LogP contribution in [0.3, 0.4) is 0 Å². The third kappa shape index (κ3) is 4.75. The van der Waals surface area contributed by atoms with Crippen LogP contribution >= 0.6 is 0 Å². The topological polar surface area (TPSA) is 21.3 Å². The van der Waals surface area contributed by atoms with Gasteiger partial charge in [-0.05, 0) is 31.4 Å². The fourth-order valence-corrected chi connectivity index (χ4v) is 1.44. The van der Waals surface area contributed by atoms with Gasteiger partial charge in [-0.25, -0.2) is 0 Å². The molecule has 2 heteroatoms. The number of ether oxygens (including phenoxy) is 1. The molecule has 0 aliphatic heterocycles. The first kappa shape index (κ1) is 12.4. The second-order valence-corrected chi connectivity index (χ2v) is 3.64. The van der Waals surface area contributed by atoms with Gasteiger partial charge in [-0.1, -0.05) is 6.07 Å². The van der Waals surface area contributed by atoms with Gasteiger partial charge < -0.3 is 10.1 Å². The summed E-state index contributed by atoms with van der Waals surface area (Å²) >= 11 is 0. The molecule has 0 heterocycles. The van der Waals surface area contributed by atoms with Crippen LogP contribution in [-0.4, -0.2) is 13.7 Å². The molecule has 0 spiro atoms. The fourth-order valence-electron chi connectivity index (χ4n) is 1.44. The quantitative estimate of drug-likeness (QED) is 0.559. The minimum Gasteiger partial charge on any atom is -0.494 e. The standard InChI is InChI=1S/C14H19NO/c1-3-4-5-6-7-11-16-14-10-8-9-13(12-14)15-2/h1,8-10,12,15H,4-7,11H2,2H3. The van der Waals surface area contributed by atoms with E-state index in [0.29, 0.717) is 0 Å². The summed E-state index contributed by atoms with van der Waals surface area (Å²) in [5.41, 5.74) is 1.07. The van der Waals surface area contributed by atoms with Crippen molar-refractivity contribution in [1.82, 2.24) is 0 Å². The van der Waals surface area contributed by atoms with Gasteiger partial charge in [0.1, 0.15) is 5.75 Å². The highest BCUT2D eigenvalue weighted by Crippen LogP contribution is 2.17. The Morgan fingerprint density at radius 1 is 1.31 bits per heavy atom. The Morgan fingerprint density at radius 3 is 2.94 bits per heavy atom. The molecule has 0 aliphatic carbocycles.